The number of hydrogen-bond donors (Lipinski definition) is 0. The molecule has 0 unspecified atom stereocenters. The van der Waals surface area contributed by atoms with Crippen LogP contribution in [0.25, 0.3) is 162 Å². The molecule has 0 aliphatic carbocycles. The number of benzene rings is 12. The average molecular weight is 1160 g/mol. The Balaban J connectivity index is 0.882. The minimum atomic E-state index is 0.912. The van der Waals surface area contributed by atoms with E-state index in [1.54, 1.807) is 0 Å². The Morgan fingerprint density at radius 2 is 0.418 bits per heavy atom. The highest BCUT2D eigenvalue weighted by molar-refractivity contribution is 6.12. The van der Waals surface area contributed by atoms with Crippen molar-refractivity contribution in [2.75, 3.05) is 0 Å². The largest absolute Gasteiger partial charge is 0.309 e. The van der Waals surface area contributed by atoms with E-state index in [2.05, 4.69) is 356 Å². The highest BCUT2D eigenvalue weighted by atomic mass is 15.0. The molecule has 91 heavy (non-hydrogen) atoms. The van der Waals surface area contributed by atoms with E-state index in [0.717, 1.165) is 162 Å². The molecule has 0 amide bonds. The molecule has 12 aromatic carbocycles. The van der Waals surface area contributed by atoms with Crippen LogP contribution in [0.5, 0.6) is 0 Å². The normalized spacial score (nSPS) is 11.3. The summed E-state index contributed by atoms with van der Waals surface area (Å²) in [5.41, 5.74) is 28.6. The standard InChI is InChI=1S/C87H58N4/c1-7-25-60(26-8-1)72-37-19-22-40-75(72)83-56-68(53-80(88-83)63-31-13-4-14-32-63)59-43-47-71(48-44-59)91-86-49-45-66(69-54-81(64-33-15-5-16-34-64)89-84(57-69)76-41-23-20-38-73(76)61-27-9-2-10-28-61)51-78(86)79-52-67(46-50-87(79)91)70-55-82(65-35-17-6-18-36-65)90-85(58-70)77-42-24-21-39-74(77)62-29-11-3-12-30-62/h1-58H. The minimum absolute atomic E-state index is 0.912. The Hall–Kier alpha value is -12.1. The summed E-state index contributed by atoms with van der Waals surface area (Å²) in [7, 11) is 0. The summed E-state index contributed by atoms with van der Waals surface area (Å²) in [6, 6.07) is 126. The van der Waals surface area contributed by atoms with E-state index < -0.39 is 0 Å². The van der Waals surface area contributed by atoms with Crippen molar-refractivity contribution < 1.29 is 0 Å². The summed E-state index contributed by atoms with van der Waals surface area (Å²) in [4.78, 5) is 16.3. The second-order valence-corrected chi connectivity index (χ2v) is 23.1. The van der Waals surface area contributed by atoms with Crippen molar-refractivity contribution in [3.05, 3.63) is 352 Å². The SMILES string of the molecule is c1ccc(-c2cc(-c3ccc(-n4c5ccc(-c6cc(-c7ccccc7)nc(-c7ccccc7-c7ccccc7)c6)cc5c5cc(-c6cc(-c7ccccc7)nc(-c7ccccc7-c7ccccc7)c6)ccc54)cc3)cc(-c3ccccc3-c3ccccc3)n2)cc1. The van der Waals surface area contributed by atoms with Gasteiger partial charge in [0.25, 0.3) is 0 Å². The van der Waals surface area contributed by atoms with Gasteiger partial charge in [-0.05, 0) is 140 Å². The van der Waals surface area contributed by atoms with Crippen molar-refractivity contribution in [2.24, 2.45) is 0 Å². The van der Waals surface area contributed by atoms with Crippen LogP contribution in [0.4, 0.5) is 0 Å². The number of pyridine rings is 3. The van der Waals surface area contributed by atoms with Crippen LogP contribution in [0.2, 0.25) is 0 Å². The van der Waals surface area contributed by atoms with Crippen LogP contribution in [0.3, 0.4) is 0 Å². The molecule has 0 saturated carbocycles. The lowest BCUT2D eigenvalue weighted by atomic mass is 9.94. The second kappa shape index (κ2) is 23.9. The third-order valence-electron chi connectivity index (χ3n) is 17.4. The van der Waals surface area contributed by atoms with Gasteiger partial charge in [-0.2, -0.15) is 0 Å². The van der Waals surface area contributed by atoms with Crippen molar-refractivity contribution in [3.63, 3.8) is 0 Å². The van der Waals surface area contributed by atoms with E-state index in [1.165, 1.54) is 0 Å². The molecule has 0 saturated heterocycles. The van der Waals surface area contributed by atoms with E-state index in [-0.39, 0.29) is 0 Å². The summed E-state index contributed by atoms with van der Waals surface area (Å²) < 4.78 is 2.43. The van der Waals surface area contributed by atoms with Crippen molar-refractivity contribution in [1.29, 1.82) is 0 Å². The average Bonchev–Trinajstić information content (AvgIpc) is 1.63. The third kappa shape index (κ3) is 10.7. The van der Waals surface area contributed by atoms with Gasteiger partial charge in [0.05, 0.1) is 45.2 Å². The van der Waals surface area contributed by atoms with Crippen molar-refractivity contribution in [3.8, 4) is 140 Å². The highest BCUT2D eigenvalue weighted by Gasteiger charge is 2.21. The molecule has 4 nitrogen and oxygen atoms in total. The van der Waals surface area contributed by atoms with Crippen LogP contribution in [0.15, 0.2) is 352 Å². The second-order valence-electron chi connectivity index (χ2n) is 23.1. The molecule has 0 N–H and O–H groups in total. The molecule has 16 aromatic rings. The van der Waals surface area contributed by atoms with Crippen molar-refractivity contribution in [1.82, 2.24) is 19.5 Å². The number of aromatic nitrogens is 4. The summed E-state index contributed by atoms with van der Waals surface area (Å²) in [6.45, 7) is 0. The van der Waals surface area contributed by atoms with Crippen LogP contribution >= 0.6 is 0 Å². The first kappa shape index (κ1) is 54.3. The number of fused-ring (bicyclic) bond motifs is 3. The molecule has 0 fully saturated rings. The van der Waals surface area contributed by atoms with Gasteiger partial charge in [-0.3, -0.25) is 0 Å². The molecule has 0 atom stereocenters. The predicted octanol–water partition coefficient (Wildman–Crippen LogP) is 23.0. The van der Waals surface area contributed by atoms with Gasteiger partial charge in [-0.25, -0.2) is 15.0 Å². The first-order chi connectivity index (χ1) is 45.1. The molecule has 16 rings (SSSR count). The summed E-state index contributed by atoms with van der Waals surface area (Å²) in [5.74, 6) is 0. The van der Waals surface area contributed by atoms with Gasteiger partial charge in [-0.1, -0.05) is 279 Å². The maximum Gasteiger partial charge on any atom is 0.0721 e. The zero-order chi connectivity index (χ0) is 60.5. The summed E-state index contributed by atoms with van der Waals surface area (Å²) >= 11 is 0. The minimum Gasteiger partial charge on any atom is -0.309 e. The van der Waals surface area contributed by atoms with Gasteiger partial charge in [0.1, 0.15) is 0 Å². The van der Waals surface area contributed by atoms with Gasteiger partial charge < -0.3 is 4.57 Å². The van der Waals surface area contributed by atoms with E-state index in [1.807, 2.05) is 0 Å². The maximum atomic E-state index is 5.44. The van der Waals surface area contributed by atoms with Crippen LogP contribution in [0, 0.1) is 0 Å². The lowest BCUT2D eigenvalue weighted by Crippen LogP contribution is -1.95. The molecule has 0 spiro atoms. The van der Waals surface area contributed by atoms with E-state index >= 15 is 0 Å². The molecule has 0 aliphatic rings. The molecule has 4 aromatic heterocycles. The van der Waals surface area contributed by atoms with E-state index in [4.69, 9.17) is 15.0 Å². The maximum absolute atomic E-state index is 5.44. The Morgan fingerprint density at radius 3 is 0.736 bits per heavy atom. The van der Waals surface area contributed by atoms with Crippen LogP contribution < -0.4 is 0 Å². The van der Waals surface area contributed by atoms with Gasteiger partial charge in [0.2, 0.25) is 0 Å². The zero-order valence-corrected chi connectivity index (χ0v) is 49.8. The quantitative estimate of drug-likeness (QED) is 0.116. The lowest BCUT2D eigenvalue weighted by Gasteiger charge is -2.15. The fourth-order valence-electron chi connectivity index (χ4n) is 13.0. The highest BCUT2D eigenvalue weighted by Crippen LogP contribution is 2.43. The van der Waals surface area contributed by atoms with Crippen LogP contribution in [-0.2, 0) is 0 Å². The summed E-state index contributed by atoms with van der Waals surface area (Å²) in [5, 5.41) is 2.27. The molecule has 0 radical (unpaired) electrons. The first-order valence-electron chi connectivity index (χ1n) is 31.0. The van der Waals surface area contributed by atoms with Crippen LogP contribution in [-0.4, -0.2) is 19.5 Å². The lowest BCUT2D eigenvalue weighted by molar-refractivity contribution is 1.18. The fraction of sp³-hybridized carbons (Fsp3) is 0. The molecule has 0 bridgehead atoms. The van der Waals surface area contributed by atoms with Crippen molar-refractivity contribution in [2.45, 2.75) is 0 Å². The zero-order valence-electron chi connectivity index (χ0n) is 49.8. The Bertz CT molecular complexity index is 5070. The predicted molar refractivity (Wildman–Crippen MR) is 379 cm³/mol. The topological polar surface area (TPSA) is 43.6 Å². The molecular weight excluding hydrogens is 1100 g/mol. The molecule has 4 heteroatoms. The molecule has 426 valence electrons. The number of nitrogens with zero attached hydrogens (tertiary/aromatic N) is 4. The van der Waals surface area contributed by atoms with Crippen LogP contribution in [0.1, 0.15) is 0 Å². The Labute approximate surface area is 530 Å². The number of hydrogen-bond acceptors (Lipinski definition) is 3. The van der Waals surface area contributed by atoms with Gasteiger partial charge >= 0.3 is 0 Å². The van der Waals surface area contributed by atoms with E-state index in [9.17, 15) is 0 Å². The first-order valence-corrected chi connectivity index (χ1v) is 31.0. The van der Waals surface area contributed by atoms with E-state index in [0.29, 0.717) is 0 Å². The Kier molecular flexibility index (Phi) is 14.2. The monoisotopic (exact) mass is 1160 g/mol. The number of rotatable bonds is 13. The van der Waals surface area contributed by atoms with Crippen molar-refractivity contribution >= 4 is 21.8 Å². The van der Waals surface area contributed by atoms with Gasteiger partial charge in [-0.15, -0.1) is 0 Å². The third-order valence-corrected chi connectivity index (χ3v) is 17.4. The Morgan fingerprint density at radius 1 is 0.165 bits per heavy atom. The molecular formula is C87H58N4. The smallest absolute Gasteiger partial charge is 0.0721 e. The van der Waals surface area contributed by atoms with Gasteiger partial charge in [0, 0.05) is 49.8 Å². The molecule has 4 heterocycles. The molecule has 0 aliphatic heterocycles. The summed E-state index contributed by atoms with van der Waals surface area (Å²) in [6.07, 6.45) is 0. The fourth-order valence-corrected chi connectivity index (χ4v) is 13.0. The van der Waals surface area contributed by atoms with Gasteiger partial charge in [0.15, 0.2) is 0 Å².